The number of nitrogens with two attached hydrogens (primary N) is 5. The van der Waals surface area contributed by atoms with Gasteiger partial charge in [0.15, 0.2) is 5.96 Å². The monoisotopic (exact) mass is 2020 g/mol. The summed E-state index contributed by atoms with van der Waals surface area (Å²) in [5.41, 5.74) is 28.4. The number of carboxylic acids is 2. The van der Waals surface area contributed by atoms with Crippen LogP contribution in [0.2, 0.25) is 0 Å². The van der Waals surface area contributed by atoms with Crippen molar-refractivity contribution < 1.29 is 136 Å². The third-order valence-corrected chi connectivity index (χ3v) is 22.7. The molecule has 1 saturated heterocycles. The maximum absolute atomic E-state index is 14.8. The number of primary amides is 1. The van der Waals surface area contributed by atoms with Crippen molar-refractivity contribution in [2.75, 3.05) is 59.0 Å². The van der Waals surface area contributed by atoms with Gasteiger partial charge >= 0.3 is 11.9 Å². The minimum absolute atomic E-state index is 0.0200. The summed E-state index contributed by atoms with van der Waals surface area (Å²) in [7, 11) is 0. The lowest BCUT2D eigenvalue weighted by Gasteiger charge is -2.31. The summed E-state index contributed by atoms with van der Waals surface area (Å²) >= 11 is 0. The van der Waals surface area contributed by atoms with E-state index in [1.807, 2.05) is 0 Å². The fraction of sp³-hybridized carbons (Fsp3) is 0.670. The van der Waals surface area contributed by atoms with Gasteiger partial charge in [0.2, 0.25) is 118 Å². The molecule has 1 aromatic carbocycles. The van der Waals surface area contributed by atoms with Gasteiger partial charge in [0.05, 0.1) is 57.5 Å². The summed E-state index contributed by atoms with van der Waals surface area (Å²) in [4.78, 5) is 299. The Hall–Kier alpha value is -13.4. The van der Waals surface area contributed by atoms with Crippen LogP contribution in [0.25, 0.3) is 0 Å². The van der Waals surface area contributed by atoms with Gasteiger partial charge in [-0.05, 0) is 141 Å². The molecule has 20 amide bonds. The van der Waals surface area contributed by atoms with Crippen LogP contribution in [0, 0.1) is 29.1 Å². The van der Waals surface area contributed by atoms with Crippen LogP contribution < -0.4 is 130 Å². The number of amides is 20. The Kier molecular flexibility index (Phi) is 56.2. The second-order valence-electron chi connectivity index (χ2n) is 35.6. The molecule has 0 radical (unpaired) electrons. The summed E-state index contributed by atoms with van der Waals surface area (Å²) < 4.78 is 0. The van der Waals surface area contributed by atoms with Gasteiger partial charge in [-0.25, -0.2) is 4.79 Å². The second-order valence-corrected chi connectivity index (χ2v) is 35.6. The molecule has 1 aliphatic rings. The average molecular weight is 2020 g/mol. The molecule has 2 rings (SSSR count). The number of aliphatic carboxylic acids is 2. The maximum atomic E-state index is 14.8. The molecule has 1 aromatic rings. The first-order valence-corrected chi connectivity index (χ1v) is 46.9. The highest BCUT2D eigenvalue weighted by atomic mass is 16.4. The number of benzene rings is 1. The van der Waals surface area contributed by atoms with E-state index in [9.17, 15) is 136 Å². The molecule has 1 aliphatic heterocycles. The highest BCUT2D eigenvalue weighted by molar-refractivity contribution is 6.02. The van der Waals surface area contributed by atoms with E-state index in [2.05, 4.69) is 101 Å². The van der Waals surface area contributed by atoms with E-state index < -0.39 is 327 Å². The van der Waals surface area contributed by atoms with Crippen molar-refractivity contribution in [2.45, 2.75) is 294 Å². The molecule has 54 nitrogen and oxygen atoms in total. The molecule has 0 saturated carbocycles. The number of carbonyl (C=O) groups excluding carboxylic acids is 20. The molecule has 36 N–H and O–H groups in total. The highest BCUT2D eigenvalue weighted by Gasteiger charge is 2.43. The van der Waals surface area contributed by atoms with Crippen LogP contribution in [0.5, 0.6) is 0 Å². The van der Waals surface area contributed by atoms with Crippen molar-refractivity contribution in [3.05, 3.63) is 35.9 Å². The molecule has 1 heterocycles. The predicted molar refractivity (Wildman–Crippen MR) is 507 cm³/mol. The number of hydrogen-bond acceptors (Lipinski definition) is 30. The fourth-order valence-corrected chi connectivity index (χ4v) is 14.2. The minimum Gasteiger partial charge on any atom is -0.481 e. The van der Waals surface area contributed by atoms with E-state index in [1.165, 1.54) is 62.3 Å². The first kappa shape index (κ1) is 125. The zero-order valence-corrected chi connectivity index (χ0v) is 82.1. The number of unbranched alkanes of at least 4 members (excludes halogenated alkanes) is 2. The van der Waals surface area contributed by atoms with Crippen molar-refractivity contribution in [2.24, 2.45) is 52.3 Å². The topological polar surface area (TPSA) is 883 Å². The predicted octanol–water partition coefficient (Wildman–Crippen LogP) is -11.7. The lowest BCUT2D eigenvalue weighted by atomic mass is 9.96. The molecular weight excluding hydrogens is 1870 g/mol. The Morgan fingerprint density at radius 2 is 0.810 bits per heavy atom. The van der Waals surface area contributed by atoms with Crippen molar-refractivity contribution in [3.63, 3.8) is 0 Å². The summed E-state index contributed by atoms with van der Waals surface area (Å²) in [5, 5.41) is 115. The molecule has 142 heavy (non-hydrogen) atoms. The number of likely N-dealkylation sites (tertiary alicyclic amines) is 1. The van der Waals surface area contributed by atoms with Crippen LogP contribution >= 0.6 is 0 Å². The van der Waals surface area contributed by atoms with Gasteiger partial charge < -0.3 is 165 Å². The lowest BCUT2D eigenvalue weighted by molar-refractivity contribution is -0.144. The van der Waals surface area contributed by atoms with Crippen LogP contribution in [0.4, 0.5) is 0 Å². The Morgan fingerprint density at radius 3 is 1.29 bits per heavy atom. The summed E-state index contributed by atoms with van der Waals surface area (Å²) in [5.74, 6) is -26.3. The summed E-state index contributed by atoms with van der Waals surface area (Å²) in [6.45, 7) is 12.9. The van der Waals surface area contributed by atoms with E-state index in [0.717, 1.165) is 18.7 Å². The van der Waals surface area contributed by atoms with Crippen LogP contribution in [-0.2, 0) is 112 Å². The number of hydrogen-bond donors (Lipinski definition) is 31. The second kappa shape index (κ2) is 64.1. The molecule has 0 aromatic heterocycles. The highest BCUT2D eigenvalue weighted by Crippen LogP contribution is 2.21. The van der Waals surface area contributed by atoms with Gasteiger partial charge in [-0.15, -0.1) is 0 Å². The van der Waals surface area contributed by atoms with E-state index >= 15 is 0 Å². The molecule has 0 aliphatic carbocycles. The fourth-order valence-electron chi connectivity index (χ4n) is 14.2. The number of rotatable bonds is 66. The molecular formula is C88H148N26O28. The van der Waals surface area contributed by atoms with E-state index in [1.54, 1.807) is 37.3 Å². The largest absolute Gasteiger partial charge is 0.481 e. The van der Waals surface area contributed by atoms with Crippen molar-refractivity contribution in [3.8, 4) is 0 Å². The number of aliphatic hydroxyl groups is 4. The number of guanidine groups is 1. The van der Waals surface area contributed by atoms with Gasteiger partial charge in [-0.1, -0.05) is 92.1 Å². The minimum atomic E-state index is -1.89. The molecule has 0 spiro atoms. The normalized spacial score (nSPS) is 16.3. The number of nitrogens with one attached hydrogen (secondary N) is 20. The maximum Gasteiger partial charge on any atom is 0.326 e. The van der Waals surface area contributed by atoms with Crippen LogP contribution in [0.3, 0.4) is 0 Å². The van der Waals surface area contributed by atoms with Crippen molar-refractivity contribution >= 4 is 136 Å². The zero-order chi connectivity index (χ0) is 108. The Bertz CT molecular complexity index is 4450. The first-order valence-electron chi connectivity index (χ1n) is 46.9. The molecule has 0 unspecified atom stereocenters. The quantitative estimate of drug-likeness (QED) is 0.0164. The van der Waals surface area contributed by atoms with E-state index in [4.69, 9.17) is 34.1 Å². The van der Waals surface area contributed by atoms with Crippen molar-refractivity contribution in [1.29, 1.82) is 5.41 Å². The standard InChI is InChI=1S/C88H148N26O28/c1-13-45(8)68(83(137)102-52(25-17-19-31-89)74(128)101-54(27-21-33-95-88(93)94)76(130)113-70(49(12)118)85(139)110-65(42(2)3)81(135)99-46(9)71(125)100-47(10)86(140)114-34-22-28-59(114)80(134)107-58(41-116)79(133)111-67(44(6)7)87(141)142)112-77(131)55(29-30-64(123)124)104-82(136)66(43(4)5)109-75(129)53(26-18-20-32-90)103-84(138)69(48(11)117)108-63(122)39-97-61(120)37-96-62(121)38-98-73(127)56(35-50-23-15-14-16-24-50)105-78(132)57(40-115)106-72(126)51(91)36-60(92)119/h14-16,23-24,42-49,51-59,65-70,115-118H,13,17-22,25-41,89-91H2,1-12H3,(H2,92,119)(H,96,121)(H,97,120)(H,98,127)(H,99,135)(H,100,125)(H,101,128)(H,102,137)(H,103,138)(H,104,136)(H,105,132)(H,106,126)(H,107,134)(H,108,122)(H,109,129)(H,110,139)(H,111,133)(H,112,131)(H,113,130)(H,123,124)(H,141,142)(H4,93,94,95)/t45-,46-,47-,48+,49+,51-,52-,53-,54-,55-,56-,57-,58-,59-,65-,66-,67-,68-,69-,70-/m0/s1. The average Bonchev–Trinajstić information content (AvgIpc) is 1.63. The molecule has 798 valence electrons. The summed E-state index contributed by atoms with van der Waals surface area (Å²) in [6.07, 6.45) is -4.77. The number of aliphatic hydroxyl groups excluding tert-OH is 4. The number of carbonyl (C=O) groups is 22. The molecule has 0 bridgehead atoms. The van der Waals surface area contributed by atoms with Gasteiger partial charge in [-0.2, -0.15) is 0 Å². The van der Waals surface area contributed by atoms with Gasteiger partial charge in [0.25, 0.3) is 0 Å². The van der Waals surface area contributed by atoms with Crippen molar-refractivity contribution in [1.82, 2.24) is 106 Å². The van der Waals surface area contributed by atoms with Gasteiger partial charge in [-0.3, -0.25) is 106 Å². The number of nitrogens with zero attached hydrogens (tertiary/aromatic N) is 1. The molecule has 54 heteroatoms. The van der Waals surface area contributed by atoms with Crippen LogP contribution in [0.1, 0.15) is 179 Å². The summed E-state index contributed by atoms with van der Waals surface area (Å²) in [6, 6.07) is -18.2. The van der Waals surface area contributed by atoms with Gasteiger partial charge in [0, 0.05) is 25.9 Å². The smallest absolute Gasteiger partial charge is 0.326 e. The number of carboxylic acid groups (broad SMARTS) is 2. The SMILES string of the molecule is CC[C@H](C)[C@H](NC(=O)[C@H](CCC(=O)O)NC(=O)[C@@H](NC(=O)[C@H](CCCCN)NC(=O)[C@@H](NC(=O)CNC(=O)CNC(=O)CNC(=O)[C@H](Cc1ccccc1)NC(=O)[C@H](CO)NC(=O)[C@@H](N)CC(N)=O)[C@@H](C)O)C(C)C)C(=O)N[C@@H](CCCCN)C(=O)N[C@@H](CCCNC(=N)N)C(=O)N[C@H](C(=O)N[C@H](C(=O)N[C@@H](C)C(=O)N[C@@H](C)C(=O)N1CCC[C@H]1C(=O)N[C@@H](CO)C(=O)N[C@H](C(=O)O)C(C)C)C(C)C)[C@@H](C)O. The third kappa shape index (κ3) is 44.6. The van der Waals surface area contributed by atoms with Crippen LogP contribution in [0.15, 0.2) is 30.3 Å². The first-order chi connectivity index (χ1) is 66.7. The van der Waals surface area contributed by atoms with E-state index in [0.29, 0.717) is 12.0 Å². The Morgan fingerprint density at radius 1 is 0.415 bits per heavy atom. The Labute approximate surface area is 821 Å². The van der Waals surface area contributed by atoms with E-state index in [-0.39, 0.29) is 96.8 Å². The third-order valence-electron chi connectivity index (χ3n) is 22.7. The molecule has 20 atom stereocenters. The van der Waals surface area contributed by atoms with Crippen LogP contribution in [-0.4, -0.2) is 346 Å². The lowest BCUT2D eigenvalue weighted by Crippen LogP contribution is -2.63. The molecule has 1 fully saturated rings. The zero-order valence-electron chi connectivity index (χ0n) is 82.1. The van der Waals surface area contributed by atoms with Gasteiger partial charge in [0.1, 0.15) is 96.7 Å². The Balaban J connectivity index is 2.35.